The zero-order valence-electron chi connectivity index (χ0n) is 11.5. The van der Waals surface area contributed by atoms with E-state index in [-0.39, 0.29) is 24.4 Å². The Morgan fingerprint density at radius 1 is 1.25 bits per heavy atom. The molecule has 20 heavy (non-hydrogen) atoms. The predicted octanol–water partition coefficient (Wildman–Crippen LogP) is 3.00. The van der Waals surface area contributed by atoms with Crippen molar-refractivity contribution in [3.8, 4) is 0 Å². The number of piperazine rings is 1. The molecule has 0 spiro atoms. The minimum Gasteiger partial charge on any atom is -0.314 e. The van der Waals surface area contributed by atoms with Gasteiger partial charge in [0.15, 0.2) is 0 Å². The molecular formula is C14H20ClF3N2. The summed E-state index contributed by atoms with van der Waals surface area (Å²) >= 11 is 0. The van der Waals surface area contributed by atoms with Crippen molar-refractivity contribution in [1.29, 1.82) is 0 Å². The molecule has 6 heteroatoms. The van der Waals surface area contributed by atoms with Crippen LogP contribution in [0.2, 0.25) is 0 Å². The molecule has 0 aromatic heterocycles. The maximum Gasteiger partial charge on any atom is 0.133 e. The van der Waals surface area contributed by atoms with E-state index >= 15 is 0 Å². The number of aryl methyl sites for hydroxylation is 1. The zero-order chi connectivity index (χ0) is 13.8. The van der Waals surface area contributed by atoms with Crippen LogP contribution in [0.3, 0.4) is 0 Å². The molecule has 1 atom stereocenters. The van der Waals surface area contributed by atoms with Crippen LogP contribution in [0.15, 0.2) is 12.1 Å². The van der Waals surface area contributed by atoms with Crippen LogP contribution in [0.25, 0.3) is 0 Å². The van der Waals surface area contributed by atoms with Crippen LogP contribution in [0.1, 0.15) is 23.6 Å². The van der Waals surface area contributed by atoms with Crippen LogP contribution >= 0.6 is 12.4 Å². The van der Waals surface area contributed by atoms with E-state index in [4.69, 9.17) is 0 Å². The molecule has 1 aromatic rings. The van der Waals surface area contributed by atoms with Gasteiger partial charge in [0.2, 0.25) is 0 Å². The highest BCUT2D eigenvalue weighted by Crippen LogP contribution is 2.30. The average molecular weight is 309 g/mol. The SMILES string of the molecule is Cc1ccc(F)c([C@H](CCF)N2CCNCC2)c1F.Cl. The normalized spacial score (nSPS) is 17.6. The molecule has 1 aromatic carbocycles. The Bertz CT molecular complexity index is 437. The first kappa shape index (κ1) is 17.3. The minimum atomic E-state index is -0.583. The number of benzene rings is 1. The van der Waals surface area contributed by atoms with Crippen molar-refractivity contribution in [1.82, 2.24) is 10.2 Å². The molecule has 0 saturated carbocycles. The van der Waals surface area contributed by atoms with Crippen LogP contribution in [-0.2, 0) is 0 Å². The lowest BCUT2D eigenvalue weighted by Gasteiger charge is -2.35. The van der Waals surface area contributed by atoms with Gasteiger partial charge < -0.3 is 5.32 Å². The van der Waals surface area contributed by atoms with Crippen molar-refractivity contribution in [2.24, 2.45) is 0 Å². The standard InChI is InChI=1S/C14H19F3N2.ClH/c1-10-2-3-11(16)13(14(10)17)12(4-5-15)19-8-6-18-7-9-19;/h2-3,12,18H,4-9H2,1H3;1H/t12-;/m0./s1. The number of halogens is 4. The third-order valence-electron chi connectivity index (χ3n) is 3.63. The van der Waals surface area contributed by atoms with E-state index in [2.05, 4.69) is 5.32 Å². The summed E-state index contributed by atoms with van der Waals surface area (Å²) in [6.45, 7) is 3.90. The first-order chi connectivity index (χ1) is 9.15. The Morgan fingerprint density at radius 2 is 1.90 bits per heavy atom. The number of nitrogens with one attached hydrogen (secondary N) is 1. The molecular weight excluding hydrogens is 289 g/mol. The molecule has 2 rings (SSSR count). The third-order valence-corrected chi connectivity index (χ3v) is 3.63. The van der Waals surface area contributed by atoms with Gasteiger partial charge in [0.25, 0.3) is 0 Å². The summed E-state index contributed by atoms with van der Waals surface area (Å²) in [4.78, 5) is 1.96. The van der Waals surface area contributed by atoms with Gasteiger partial charge in [-0.1, -0.05) is 6.07 Å². The highest BCUT2D eigenvalue weighted by molar-refractivity contribution is 5.85. The topological polar surface area (TPSA) is 15.3 Å². The van der Waals surface area contributed by atoms with Crippen LogP contribution in [0.5, 0.6) is 0 Å². The molecule has 114 valence electrons. The van der Waals surface area contributed by atoms with Crippen LogP contribution in [0.4, 0.5) is 13.2 Å². The summed E-state index contributed by atoms with van der Waals surface area (Å²) in [5.41, 5.74) is 0.412. The second-order valence-corrected chi connectivity index (χ2v) is 4.87. The lowest BCUT2D eigenvalue weighted by molar-refractivity contribution is 0.151. The summed E-state index contributed by atoms with van der Waals surface area (Å²) in [6.07, 6.45) is 0.122. The molecule has 0 bridgehead atoms. The van der Waals surface area contributed by atoms with E-state index in [0.717, 1.165) is 13.1 Å². The summed E-state index contributed by atoms with van der Waals surface area (Å²) in [7, 11) is 0. The van der Waals surface area contributed by atoms with Gasteiger partial charge in [0.1, 0.15) is 11.6 Å². The molecule has 1 fully saturated rings. The molecule has 0 aliphatic carbocycles. The fraction of sp³-hybridized carbons (Fsp3) is 0.571. The molecule has 1 aliphatic rings. The number of nitrogens with zero attached hydrogens (tertiary/aromatic N) is 1. The van der Waals surface area contributed by atoms with Gasteiger partial charge in [-0.15, -0.1) is 12.4 Å². The van der Waals surface area contributed by atoms with Crippen LogP contribution < -0.4 is 5.32 Å². The molecule has 1 saturated heterocycles. The number of alkyl halides is 1. The molecule has 0 radical (unpaired) electrons. The molecule has 1 heterocycles. The van der Waals surface area contributed by atoms with Crippen molar-refractivity contribution in [2.45, 2.75) is 19.4 Å². The quantitative estimate of drug-likeness (QED) is 0.920. The lowest BCUT2D eigenvalue weighted by Crippen LogP contribution is -2.45. The van der Waals surface area contributed by atoms with E-state index in [9.17, 15) is 13.2 Å². The fourth-order valence-corrected chi connectivity index (χ4v) is 2.59. The summed E-state index contributed by atoms with van der Waals surface area (Å²) in [6, 6.07) is 2.16. The average Bonchev–Trinajstić information content (AvgIpc) is 2.43. The van der Waals surface area contributed by atoms with Gasteiger partial charge in [-0.2, -0.15) is 0 Å². The molecule has 1 N–H and O–H groups in total. The van der Waals surface area contributed by atoms with Crippen LogP contribution in [0, 0.1) is 18.6 Å². The first-order valence-corrected chi connectivity index (χ1v) is 6.60. The predicted molar refractivity (Wildman–Crippen MR) is 76.1 cm³/mol. The van der Waals surface area contributed by atoms with Crippen molar-refractivity contribution in [2.75, 3.05) is 32.9 Å². The van der Waals surface area contributed by atoms with Crippen LogP contribution in [-0.4, -0.2) is 37.8 Å². The molecule has 0 amide bonds. The third kappa shape index (κ3) is 3.65. The van der Waals surface area contributed by atoms with Crippen molar-refractivity contribution < 1.29 is 13.2 Å². The monoisotopic (exact) mass is 308 g/mol. The Hall–Kier alpha value is -0.780. The van der Waals surface area contributed by atoms with Crippen molar-refractivity contribution in [3.63, 3.8) is 0 Å². The van der Waals surface area contributed by atoms with E-state index in [1.165, 1.54) is 12.1 Å². The van der Waals surface area contributed by atoms with Gasteiger partial charge in [-0.3, -0.25) is 9.29 Å². The fourth-order valence-electron chi connectivity index (χ4n) is 2.59. The zero-order valence-corrected chi connectivity index (χ0v) is 12.3. The minimum absolute atomic E-state index is 0. The Labute approximate surface area is 123 Å². The van der Waals surface area contributed by atoms with Gasteiger partial charge in [-0.25, -0.2) is 8.78 Å². The lowest BCUT2D eigenvalue weighted by atomic mass is 9.98. The summed E-state index contributed by atoms with van der Waals surface area (Å²) in [5, 5.41) is 3.18. The highest BCUT2D eigenvalue weighted by atomic mass is 35.5. The van der Waals surface area contributed by atoms with E-state index in [0.29, 0.717) is 18.7 Å². The number of rotatable bonds is 4. The maximum atomic E-state index is 14.2. The van der Waals surface area contributed by atoms with E-state index in [1.54, 1.807) is 6.92 Å². The van der Waals surface area contributed by atoms with Gasteiger partial charge in [-0.05, 0) is 25.0 Å². The second-order valence-electron chi connectivity index (χ2n) is 4.87. The van der Waals surface area contributed by atoms with Crippen molar-refractivity contribution in [3.05, 3.63) is 34.9 Å². The summed E-state index contributed by atoms with van der Waals surface area (Å²) < 4.78 is 40.9. The van der Waals surface area contributed by atoms with Gasteiger partial charge in [0.05, 0.1) is 6.67 Å². The van der Waals surface area contributed by atoms with E-state index < -0.39 is 24.4 Å². The molecule has 1 aliphatic heterocycles. The smallest absolute Gasteiger partial charge is 0.133 e. The van der Waals surface area contributed by atoms with Gasteiger partial charge in [0, 0.05) is 37.8 Å². The summed E-state index contributed by atoms with van der Waals surface area (Å²) in [5.74, 6) is -1.13. The second kappa shape index (κ2) is 7.86. The molecule has 2 nitrogen and oxygen atoms in total. The molecule has 0 unspecified atom stereocenters. The van der Waals surface area contributed by atoms with Crippen molar-refractivity contribution >= 4 is 12.4 Å². The number of hydrogen-bond donors (Lipinski definition) is 1. The Morgan fingerprint density at radius 3 is 2.50 bits per heavy atom. The number of hydrogen-bond acceptors (Lipinski definition) is 2. The Balaban J connectivity index is 0.00000200. The largest absolute Gasteiger partial charge is 0.314 e. The first-order valence-electron chi connectivity index (χ1n) is 6.60. The maximum absolute atomic E-state index is 14.2. The van der Waals surface area contributed by atoms with E-state index in [1.807, 2.05) is 4.90 Å². The highest BCUT2D eigenvalue weighted by Gasteiger charge is 2.27. The Kier molecular flexibility index (Phi) is 6.79. The van der Waals surface area contributed by atoms with Gasteiger partial charge >= 0.3 is 0 Å².